The molecule has 1 unspecified atom stereocenters. The lowest BCUT2D eigenvalue weighted by molar-refractivity contribution is -0.118. The zero-order chi connectivity index (χ0) is 16.0. The predicted molar refractivity (Wildman–Crippen MR) is 90.3 cm³/mol. The van der Waals surface area contributed by atoms with Crippen LogP contribution in [0.1, 0.15) is 36.1 Å². The average molecular weight is 371 g/mol. The van der Waals surface area contributed by atoms with Crippen LogP contribution >= 0.6 is 15.9 Å². The monoisotopic (exact) mass is 370 g/mol. The molecule has 0 aliphatic heterocycles. The van der Waals surface area contributed by atoms with E-state index in [-0.39, 0.29) is 11.7 Å². The second-order valence-electron chi connectivity index (χ2n) is 5.79. The number of ketones is 1. The fraction of sp³-hybridized carbons (Fsp3) is 0.294. The van der Waals surface area contributed by atoms with E-state index in [0.717, 1.165) is 39.6 Å². The second-order valence-corrected chi connectivity index (χ2v) is 6.70. The minimum absolute atomic E-state index is 0.209. The Labute approximate surface area is 141 Å². The maximum atomic E-state index is 12.7. The van der Waals surface area contributed by atoms with Gasteiger partial charge in [-0.1, -0.05) is 28.9 Å². The van der Waals surface area contributed by atoms with E-state index >= 15 is 0 Å². The summed E-state index contributed by atoms with van der Waals surface area (Å²) < 4.78 is 2.91. The van der Waals surface area contributed by atoms with Crippen LogP contribution in [-0.4, -0.2) is 25.5 Å². The van der Waals surface area contributed by atoms with Crippen molar-refractivity contribution in [3.8, 4) is 0 Å². The van der Waals surface area contributed by atoms with Crippen LogP contribution in [0.5, 0.6) is 0 Å². The molecule has 23 heavy (non-hydrogen) atoms. The highest BCUT2D eigenvalue weighted by molar-refractivity contribution is 9.10. The molecule has 6 heteroatoms. The first-order valence-corrected chi connectivity index (χ1v) is 8.45. The van der Waals surface area contributed by atoms with Crippen molar-refractivity contribution in [3.63, 3.8) is 0 Å². The van der Waals surface area contributed by atoms with E-state index in [1.54, 1.807) is 6.20 Å². The summed E-state index contributed by atoms with van der Waals surface area (Å²) in [6.45, 7) is 2.86. The molecule has 4 rings (SSSR count). The molecule has 1 aromatic carbocycles. The first-order valence-electron chi connectivity index (χ1n) is 7.66. The highest BCUT2D eigenvalue weighted by Gasteiger charge is 2.36. The van der Waals surface area contributed by atoms with Gasteiger partial charge >= 0.3 is 0 Å². The quantitative estimate of drug-likeness (QED) is 0.709. The van der Waals surface area contributed by atoms with Gasteiger partial charge in [0.1, 0.15) is 6.33 Å². The normalized spacial score (nSPS) is 17.0. The predicted octanol–water partition coefficient (Wildman–Crippen LogP) is 3.26. The largest absolute Gasteiger partial charge is 0.298 e. The van der Waals surface area contributed by atoms with Gasteiger partial charge in [-0.2, -0.15) is 5.10 Å². The first kappa shape index (κ1) is 14.5. The van der Waals surface area contributed by atoms with Gasteiger partial charge in [0.2, 0.25) is 0 Å². The molecule has 0 spiro atoms. The molecule has 0 fully saturated rings. The molecular weight excluding hydrogens is 356 g/mol. The molecule has 1 atom stereocenters. The molecule has 0 saturated carbocycles. The number of aromatic nitrogens is 4. The molecule has 3 aromatic rings. The lowest BCUT2D eigenvalue weighted by Crippen LogP contribution is -2.15. The third kappa shape index (κ3) is 2.28. The van der Waals surface area contributed by atoms with Crippen LogP contribution in [0.3, 0.4) is 0 Å². The molecule has 116 valence electrons. The topological polar surface area (TPSA) is 60.7 Å². The Morgan fingerprint density at radius 3 is 3.09 bits per heavy atom. The van der Waals surface area contributed by atoms with Gasteiger partial charge in [-0.15, -0.1) is 0 Å². The Hall–Kier alpha value is -2.08. The van der Waals surface area contributed by atoms with Crippen molar-refractivity contribution in [3.05, 3.63) is 52.0 Å². The Kier molecular flexibility index (Phi) is 3.49. The number of benzene rings is 1. The molecule has 1 aliphatic rings. The number of rotatable bonds is 3. The Bertz CT molecular complexity index is 918. The maximum Gasteiger partial charge on any atom is 0.184 e. The molecule has 0 N–H and O–H groups in total. The third-order valence-corrected chi connectivity index (χ3v) is 4.77. The van der Waals surface area contributed by atoms with Crippen LogP contribution in [0.4, 0.5) is 0 Å². The van der Waals surface area contributed by atoms with E-state index in [1.807, 2.05) is 22.9 Å². The van der Waals surface area contributed by atoms with Crippen LogP contribution < -0.4 is 0 Å². The van der Waals surface area contributed by atoms with Gasteiger partial charge in [-0.3, -0.25) is 9.48 Å². The van der Waals surface area contributed by atoms with Crippen LogP contribution in [0.15, 0.2) is 35.2 Å². The van der Waals surface area contributed by atoms with Gasteiger partial charge in [-0.25, -0.2) is 9.97 Å². The summed E-state index contributed by atoms with van der Waals surface area (Å²) in [6, 6.07) is 6.05. The molecule has 5 nitrogen and oxygen atoms in total. The van der Waals surface area contributed by atoms with Crippen molar-refractivity contribution < 1.29 is 4.79 Å². The van der Waals surface area contributed by atoms with Crippen LogP contribution in [-0.2, 0) is 17.8 Å². The van der Waals surface area contributed by atoms with E-state index in [0.29, 0.717) is 12.1 Å². The molecule has 0 amide bonds. The van der Waals surface area contributed by atoms with Crippen molar-refractivity contribution >= 4 is 32.7 Å². The van der Waals surface area contributed by atoms with Crippen molar-refractivity contribution in [2.75, 3.05) is 0 Å². The fourth-order valence-electron chi connectivity index (χ4n) is 3.34. The molecular formula is C17H15BrN4O. The van der Waals surface area contributed by atoms with Gasteiger partial charge < -0.3 is 0 Å². The minimum Gasteiger partial charge on any atom is -0.298 e. The second kappa shape index (κ2) is 5.53. The van der Waals surface area contributed by atoms with Gasteiger partial charge in [0.15, 0.2) is 11.4 Å². The molecule has 1 aliphatic carbocycles. The summed E-state index contributed by atoms with van der Waals surface area (Å²) in [5.74, 6) is -0.0776. The molecule has 0 radical (unpaired) electrons. The summed E-state index contributed by atoms with van der Waals surface area (Å²) in [5, 5.41) is 5.45. The van der Waals surface area contributed by atoms with Crippen LogP contribution in [0.25, 0.3) is 11.0 Å². The van der Waals surface area contributed by atoms with Gasteiger partial charge in [0, 0.05) is 23.6 Å². The number of fused-ring (bicyclic) bond motifs is 2. The zero-order valence-electron chi connectivity index (χ0n) is 12.7. The number of aryl methyl sites for hydroxylation is 1. The van der Waals surface area contributed by atoms with Crippen molar-refractivity contribution in [1.29, 1.82) is 0 Å². The van der Waals surface area contributed by atoms with E-state index < -0.39 is 0 Å². The first-order chi connectivity index (χ1) is 11.2. The molecule has 0 saturated heterocycles. The zero-order valence-corrected chi connectivity index (χ0v) is 14.2. The number of hydrogen-bond acceptors (Lipinski definition) is 4. The number of Topliss-reactive ketones (excluding diaryl/α,β-unsaturated/α-hetero) is 1. The Balaban J connectivity index is 1.97. The van der Waals surface area contributed by atoms with E-state index in [1.165, 1.54) is 6.33 Å². The molecule has 0 bridgehead atoms. The van der Waals surface area contributed by atoms with E-state index in [2.05, 4.69) is 37.9 Å². The van der Waals surface area contributed by atoms with Crippen molar-refractivity contribution in [2.24, 2.45) is 0 Å². The van der Waals surface area contributed by atoms with E-state index in [9.17, 15) is 4.79 Å². The van der Waals surface area contributed by atoms with Gasteiger partial charge in [-0.05, 0) is 29.7 Å². The Morgan fingerprint density at radius 2 is 2.26 bits per heavy atom. The highest BCUT2D eigenvalue weighted by atomic mass is 79.9. The van der Waals surface area contributed by atoms with Gasteiger partial charge in [0.05, 0.1) is 17.0 Å². The van der Waals surface area contributed by atoms with Crippen molar-refractivity contribution in [2.45, 2.75) is 32.2 Å². The lowest BCUT2D eigenvalue weighted by atomic mass is 9.95. The third-order valence-electron chi connectivity index (χ3n) is 4.28. The summed E-state index contributed by atoms with van der Waals surface area (Å²) in [7, 11) is 0. The van der Waals surface area contributed by atoms with E-state index in [4.69, 9.17) is 0 Å². The molecule has 2 heterocycles. The number of carbonyl (C=O) groups is 1. The van der Waals surface area contributed by atoms with Crippen molar-refractivity contribution in [1.82, 2.24) is 19.7 Å². The standard InChI is InChI=1S/C17H15BrN4O/c1-2-5-22-16(13-8-19-9-20-17(13)21-22)15-12-7-11(18)4-3-10(12)6-14(15)23/h3-4,7-9,15H,2,5-6H2,1H3. The minimum atomic E-state index is -0.287. The summed E-state index contributed by atoms with van der Waals surface area (Å²) in [4.78, 5) is 21.1. The average Bonchev–Trinajstić information content (AvgIpc) is 3.04. The highest BCUT2D eigenvalue weighted by Crippen LogP contribution is 2.39. The smallest absolute Gasteiger partial charge is 0.184 e. The Morgan fingerprint density at radius 1 is 1.39 bits per heavy atom. The summed E-state index contributed by atoms with van der Waals surface area (Å²) in [6.07, 6.45) is 4.68. The number of nitrogens with zero attached hydrogens (tertiary/aromatic N) is 4. The number of halogens is 1. The van der Waals surface area contributed by atoms with Crippen LogP contribution in [0.2, 0.25) is 0 Å². The number of hydrogen-bond donors (Lipinski definition) is 0. The lowest BCUT2D eigenvalue weighted by Gasteiger charge is -2.14. The fourth-order valence-corrected chi connectivity index (χ4v) is 3.71. The number of carbonyl (C=O) groups excluding carboxylic acids is 1. The van der Waals surface area contributed by atoms with Gasteiger partial charge in [0.25, 0.3) is 0 Å². The van der Waals surface area contributed by atoms with Crippen LogP contribution in [0, 0.1) is 0 Å². The SMILES string of the molecule is CCCn1nc2ncncc2c1C1C(=O)Cc2ccc(Br)cc21. The maximum absolute atomic E-state index is 12.7. The molecule has 2 aromatic heterocycles. The summed E-state index contributed by atoms with van der Waals surface area (Å²) >= 11 is 3.52. The summed E-state index contributed by atoms with van der Waals surface area (Å²) in [5.41, 5.74) is 3.73.